The Bertz CT molecular complexity index is 690. The van der Waals surface area contributed by atoms with Gasteiger partial charge in [0.2, 0.25) is 0 Å². The van der Waals surface area contributed by atoms with E-state index >= 15 is 0 Å². The van der Waals surface area contributed by atoms with Gasteiger partial charge in [-0.25, -0.2) is 8.78 Å². The largest absolute Gasteiger partial charge is 0.357 e. The monoisotopic (exact) mass is 287 g/mol. The van der Waals surface area contributed by atoms with Crippen LogP contribution in [0.25, 0.3) is 0 Å². The van der Waals surface area contributed by atoms with Gasteiger partial charge in [-0.1, -0.05) is 29.8 Å². The van der Waals surface area contributed by atoms with Crippen LogP contribution in [0.1, 0.15) is 22.8 Å². The molecule has 0 aliphatic carbocycles. The van der Waals surface area contributed by atoms with Crippen LogP contribution in [0.15, 0.2) is 54.2 Å². The molecule has 0 spiro atoms. The van der Waals surface area contributed by atoms with Crippen LogP contribution < -0.4 is 5.32 Å². The number of benzene rings is 2. The third kappa shape index (κ3) is 3.99. The van der Waals surface area contributed by atoms with Crippen molar-refractivity contribution in [3.8, 4) is 0 Å². The van der Waals surface area contributed by atoms with Crippen molar-refractivity contribution >= 4 is 11.5 Å². The SMILES string of the molecule is CC(=CC(=O)c1ccc(C)cc1)Nc1ccc(F)cc1F. The molecule has 4 heteroatoms. The molecule has 0 aliphatic rings. The highest BCUT2D eigenvalue weighted by atomic mass is 19.1. The van der Waals surface area contributed by atoms with Gasteiger partial charge in [-0.15, -0.1) is 0 Å². The number of carbonyl (C=O) groups excluding carboxylic acids is 1. The van der Waals surface area contributed by atoms with Crippen molar-refractivity contribution in [3.63, 3.8) is 0 Å². The molecule has 0 fully saturated rings. The van der Waals surface area contributed by atoms with E-state index in [1.165, 1.54) is 12.1 Å². The molecule has 0 heterocycles. The number of anilines is 1. The van der Waals surface area contributed by atoms with Gasteiger partial charge in [0.25, 0.3) is 0 Å². The number of hydrogen-bond donors (Lipinski definition) is 1. The van der Waals surface area contributed by atoms with E-state index < -0.39 is 11.6 Å². The topological polar surface area (TPSA) is 29.1 Å². The van der Waals surface area contributed by atoms with Crippen LogP contribution >= 0.6 is 0 Å². The highest BCUT2D eigenvalue weighted by molar-refractivity contribution is 6.05. The van der Waals surface area contributed by atoms with Gasteiger partial charge < -0.3 is 5.32 Å². The van der Waals surface area contributed by atoms with E-state index in [9.17, 15) is 13.6 Å². The van der Waals surface area contributed by atoms with Crippen LogP contribution in [-0.2, 0) is 0 Å². The first-order valence-electron chi connectivity index (χ1n) is 6.47. The van der Waals surface area contributed by atoms with E-state index in [1.807, 2.05) is 19.1 Å². The van der Waals surface area contributed by atoms with Crippen molar-refractivity contribution in [2.45, 2.75) is 13.8 Å². The van der Waals surface area contributed by atoms with E-state index in [1.54, 1.807) is 19.1 Å². The lowest BCUT2D eigenvalue weighted by atomic mass is 10.1. The van der Waals surface area contributed by atoms with Crippen LogP contribution in [-0.4, -0.2) is 5.78 Å². The van der Waals surface area contributed by atoms with Crippen molar-refractivity contribution in [1.82, 2.24) is 0 Å². The lowest BCUT2D eigenvalue weighted by Crippen LogP contribution is -2.03. The highest BCUT2D eigenvalue weighted by Crippen LogP contribution is 2.17. The average molecular weight is 287 g/mol. The molecule has 0 amide bonds. The maximum Gasteiger partial charge on any atom is 0.187 e. The molecule has 0 aromatic heterocycles. The summed E-state index contributed by atoms with van der Waals surface area (Å²) in [7, 11) is 0. The Morgan fingerprint density at radius 1 is 1.10 bits per heavy atom. The van der Waals surface area contributed by atoms with Crippen LogP contribution in [0, 0.1) is 18.6 Å². The van der Waals surface area contributed by atoms with Gasteiger partial charge in [-0.3, -0.25) is 4.79 Å². The molecule has 2 nitrogen and oxygen atoms in total. The van der Waals surface area contributed by atoms with Crippen molar-refractivity contribution in [2.24, 2.45) is 0 Å². The van der Waals surface area contributed by atoms with Gasteiger partial charge in [-0.2, -0.15) is 0 Å². The van der Waals surface area contributed by atoms with Gasteiger partial charge in [0, 0.05) is 23.4 Å². The number of hydrogen-bond acceptors (Lipinski definition) is 2. The number of halogens is 2. The third-order valence-electron chi connectivity index (χ3n) is 2.95. The quantitative estimate of drug-likeness (QED) is 0.664. The van der Waals surface area contributed by atoms with E-state index in [2.05, 4.69) is 5.32 Å². The molecule has 0 saturated carbocycles. The zero-order chi connectivity index (χ0) is 15.4. The lowest BCUT2D eigenvalue weighted by Gasteiger charge is -2.07. The molecule has 2 aromatic carbocycles. The minimum atomic E-state index is -0.703. The zero-order valence-corrected chi connectivity index (χ0v) is 11.8. The maximum atomic E-state index is 13.5. The summed E-state index contributed by atoms with van der Waals surface area (Å²) in [5, 5.41) is 2.75. The smallest absolute Gasteiger partial charge is 0.187 e. The molecule has 0 aliphatic heterocycles. The van der Waals surface area contributed by atoms with Crippen molar-refractivity contribution in [3.05, 3.63) is 77.0 Å². The predicted molar refractivity (Wildman–Crippen MR) is 79.2 cm³/mol. The van der Waals surface area contributed by atoms with E-state index in [0.29, 0.717) is 11.3 Å². The fourth-order valence-corrected chi connectivity index (χ4v) is 1.84. The van der Waals surface area contributed by atoms with Gasteiger partial charge >= 0.3 is 0 Å². The molecule has 0 saturated heterocycles. The lowest BCUT2D eigenvalue weighted by molar-refractivity contribution is 0.104. The molecule has 0 radical (unpaired) electrons. The fourth-order valence-electron chi connectivity index (χ4n) is 1.84. The standard InChI is InChI=1S/C17H15F2NO/c1-11-3-5-13(6-4-11)17(21)9-12(2)20-16-8-7-14(18)10-15(16)19/h3-10,20H,1-2H3. The molecule has 1 N–H and O–H groups in total. The molecule has 0 bridgehead atoms. The molecular formula is C17H15F2NO. The number of carbonyl (C=O) groups is 1. The average Bonchev–Trinajstić information content (AvgIpc) is 2.42. The second-order valence-electron chi connectivity index (χ2n) is 4.81. The Balaban J connectivity index is 2.13. The van der Waals surface area contributed by atoms with E-state index in [-0.39, 0.29) is 11.5 Å². The first-order valence-corrected chi connectivity index (χ1v) is 6.47. The predicted octanol–water partition coefficient (Wildman–Crippen LogP) is 4.47. The Labute approximate surface area is 122 Å². The minimum absolute atomic E-state index is 0.127. The van der Waals surface area contributed by atoms with Crippen molar-refractivity contribution in [1.29, 1.82) is 0 Å². The Morgan fingerprint density at radius 2 is 1.76 bits per heavy atom. The Morgan fingerprint density at radius 3 is 2.38 bits per heavy atom. The highest BCUT2D eigenvalue weighted by Gasteiger charge is 2.06. The minimum Gasteiger partial charge on any atom is -0.357 e. The summed E-state index contributed by atoms with van der Waals surface area (Å²) >= 11 is 0. The molecule has 108 valence electrons. The summed E-state index contributed by atoms with van der Waals surface area (Å²) in [5.41, 5.74) is 2.23. The normalized spacial score (nSPS) is 11.3. The second kappa shape index (κ2) is 6.31. The number of allylic oxidation sites excluding steroid dienone is 2. The van der Waals surface area contributed by atoms with Gasteiger partial charge in [-0.05, 0) is 26.0 Å². The summed E-state index contributed by atoms with van der Waals surface area (Å²) in [6.07, 6.45) is 1.38. The number of rotatable bonds is 4. The Hall–Kier alpha value is -2.49. The molecule has 21 heavy (non-hydrogen) atoms. The van der Waals surface area contributed by atoms with Crippen molar-refractivity contribution < 1.29 is 13.6 Å². The molecule has 0 unspecified atom stereocenters. The van der Waals surface area contributed by atoms with Gasteiger partial charge in [0.1, 0.15) is 11.6 Å². The van der Waals surface area contributed by atoms with Crippen LogP contribution in [0.3, 0.4) is 0 Å². The number of ketones is 1. The molecule has 0 atom stereocenters. The number of aryl methyl sites for hydroxylation is 1. The summed E-state index contributed by atoms with van der Waals surface area (Å²) in [6, 6.07) is 10.4. The molecule has 2 aromatic rings. The van der Waals surface area contributed by atoms with E-state index in [0.717, 1.165) is 17.7 Å². The molecule has 2 rings (SSSR count). The summed E-state index contributed by atoms with van der Waals surface area (Å²) < 4.78 is 26.3. The van der Waals surface area contributed by atoms with Gasteiger partial charge in [0.05, 0.1) is 5.69 Å². The third-order valence-corrected chi connectivity index (χ3v) is 2.95. The first kappa shape index (κ1) is 14.9. The van der Waals surface area contributed by atoms with Crippen LogP contribution in [0.4, 0.5) is 14.5 Å². The summed E-state index contributed by atoms with van der Waals surface area (Å²) in [6.45, 7) is 3.59. The maximum absolute atomic E-state index is 13.5. The summed E-state index contributed by atoms with van der Waals surface area (Å²) in [5.74, 6) is -1.52. The molecular weight excluding hydrogens is 272 g/mol. The van der Waals surface area contributed by atoms with Crippen LogP contribution in [0.5, 0.6) is 0 Å². The van der Waals surface area contributed by atoms with E-state index in [4.69, 9.17) is 0 Å². The first-order chi connectivity index (χ1) is 9.95. The van der Waals surface area contributed by atoms with Crippen LogP contribution in [0.2, 0.25) is 0 Å². The zero-order valence-electron chi connectivity index (χ0n) is 11.8. The fraction of sp³-hybridized carbons (Fsp3) is 0.118. The summed E-state index contributed by atoms with van der Waals surface area (Å²) in [4.78, 5) is 12.0. The van der Waals surface area contributed by atoms with Gasteiger partial charge in [0.15, 0.2) is 5.78 Å². The second-order valence-corrected chi connectivity index (χ2v) is 4.81. The number of nitrogens with one attached hydrogen (secondary N) is 1. The van der Waals surface area contributed by atoms with Crippen molar-refractivity contribution in [2.75, 3.05) is 5.32 Å². The Kier molecular flexibility index (Phi) is 4.48.